The molecule has 3 heterocycles. The second-order valence-corrected chi connectivity index (χ2v) is 7.79. The molecule has 2 N–H and O–H groups in total. The Morgan fingerprint density at radius 2 is 1.83 bits per heavy atom. The number of amides is 2. The van der Waals surface area contributed by atoms with Crippen LogP contribution in [0.25, 0.3) is 16.7 Å². The molecular formula is C20H15Cl2N7O. The normalized spacial score (nSPS) is 13.4. The fourth-order valence-corrected chi connectivity index (χ4v) is 3.77. The molecule has 0 aliphatic heterocycles. The number of rotatable bonds is 4. The smallest absolute Gasteiger partial charge is 0.306 e. The summed E-state index contributed by atoms with van der Waals surface area (Å²) in [5.74, 6) is 0.764. The number of fused-ring (bicyclic) bond motifs is 1. The predicted octanol–water partition coefficient (Wildman–Crippen LogP) is 5.04. The summed E-state index contributed by atoms with van der Waals surface area (Å²) in [5.41, 5.74) is 3.03. The highest BCUT2D eigenvalue weighted by atomic mass is 35.5. The third-order valence-corrected chi connectivity index (χ3v) is 5.31. The fourth-order valence-electron chi connectivity index (χ4n) is 3.35. The van der Waals surface area contributed by atoms with Gasteiger partial charge in [0.1, 0.15) is 0 Å². The van der Waals surface area contributed by atoms with Gasteiger partial charge in [-0.1, -0.05) is 23.2 Å². The molecule has 1 aliphatic rings. The number of carbonyl (C=O) groups is 1. The Balaban J connectivity index is 1.39. The maximum absolute atomic E-state index is 12.6. The van der Waals surface area contributed by atoms with E-state index in [1.807, 2.05) is 18.2 Å². The predicted molar refractivity (Wildman–Crippen MR) is 116 cm³/mol. The lowest BCUT2D eigenvalue weighted by molar-refractivity contribution is 0.262. The highest BCUT2D eigenvalue weighted by Gasteiger charge is 2.29. The van der Waals surface area contributed by atoms with Crippen LogP contribution in [0.1, 0.15) is 24.3 Å². The van der Waals surface area contributed by atoms with Gasteiger partial charge in [0.2, 0.25) is 0 Å². The molecule has 0 atom stereocenters. The van der Waals surface area contributed by atoms with Crippen LogP contribution in [0, 0.1) is 0 Å². The van der Waals surface area contributed by atoms with Gasteiger partial charge < -0.3 is 10.6 Å². The average molecular weight is 440 g/mol. The van der Waals surface area contributed by atoms with E-state index < -0.39 is 6.03 Å². The Bertz CT molecular complexity index is 1260. The van der Waals surface area contributed by atoms with Crippen molar-refractivity contribution < 1.29 is 4.79 Å². The molecule has 4 aromatic rings. The Morgan fingerprint density at radius 3 is 2.57 bits per heavy atom. The molecular weight excluding hydrogens is 425 g/mol. The Hall–Kier alpha value is -3.23. The summed E-state index contributed by atoms with van der Waals surface area (Å²) in [5, 5.41) is 15.6. The van der Waals surface area contributed by atoms with E-state index in [0.717, 1.165) is 29.3 Å². The summed E-state index contributed by atoms with van der Waals surface area (Å²) in [6.45, 7) is 0. The Morgan fingerprint density at radius 1 is 1.03 bits per heavy atom. The van der Waals surface area contributed by atoms with Crippen molar-refractivity contribution in [3.63, 3.8) is 0 Å². The minimum Gasteiger partial charge on any atom is -0.306 e. The Kier molecular flexibility index (Phi) is 4.72. The van der Waals surface area contributed by atoms with Gasteiger partial charge in [-0.3, -0.25) is 4.98 Å². The number of nitrogens with zero attached hydrogens (tertiary/aromatic N) is 5. The number of hydrogen-bond donors (Lipinski definition) is 2. The average Bonchev–Trinajstić information content (AvgIpc) is 3.40. The van der Waals surface area contributed by atoms with Crippen molar-refractivity contribution in [2.45, 2.75) is 18.8 Å². The summed E-state index contributed by atoms with van der Waals surface area (Å²) in [4.78, 5) is 22.6. The van der Waals surface area contributed by atoms with Crippen LogP contribution in [0.2, 0.25) is 10.0 Å². The molecule has 0 saturated heterocycles. The number of nitrogens with one attached hydrogen (secondary N) is 2. The monoisotopic (exact) mass is 439 g/mol. The van der Waals surface area contributed by atoms with E-state index in [1.165, 1.54) is 23.4 Å². The summed E-state index contributed by atoms with van der Waals surface area (Å²) < 4.78 is 0. The molecule has 8 nitrogen and oxygen atoms in total. The molecule has 0 unspecified atom stereocenters. The van der Waals surface area contributed by atoms with E-state index >= 15 is 0 Å². The lowest BCUT2D eigenvalue weighted by atomic mass is 10.0. The summed E-state index contributed by atoms with van der Waals surface area (Å²) in [7, 11) is 0. The van der Waals surface area contributed by atoms with Crippen LogP contribution in [0.3, 0.4) is 0 Å². The minimum absolute atomic E-state index is 0.310. The van der Waals surface area contributed by atoms with Crippen LogP contribution in [0.15, 0.2) is 49.1 Å². The number of aromatic nitrogens is 5. The molecule has 1 aliphatic carbocycles. The largest absolute Gasteiger partial charge is 0.323 e. The van der Waals surface area contributed by atoms with E-state index in [-0.39, 0.29) is 0 Å². The first-order valence-corrected chi connectivity index (χ1v) is 10.0. The summed E-state index contributed by atoms with van der Waals surface area (Å²) in [6.07, 6.45) is 8.38. The van der Waals surface area contributed by atoms with Crippen LogP contribution in [0.5, 0.6) is 0 Å². The number of halogens is 2. The SMILES string of the molecule is O=C(Nc1cnc(-n2nccn2)c(Cl)c1)Nc1cnc2ccc(Cl)cc2c1C1CC1. The van der Waals surface area contributed by atoms with Crippen molar-refractivity contribution in [1.82, 2.24) is 25.0 Å². The van der Waals surface area contributed by atoms with Gasteiger partial charge in [-0.2, -0.15) is 10.2 Å². The standard InChI is InChI=1S/C20H15Cl2N7O/c21-12-3-4-16-14(7-12)18(11-1-2-11)17(10-23-16)28-20(30)27-13-8-15(22)19(24-9-13)29-25-5-6-26-29/h3-11H,1-2H2,(H2,27,28,30). The first-order valence-electron chi connectivity index (χ1n) is 9.27. The third kappa shape index (κ3) is 3.67. The first-order chi connectivity index (χ1) is 14.6. The second kappa shape index (κ2) is 7.55. The first kappa shape index (κ1) is 18.8. The molecule has 0 spiro atoms. The third-order valence-electron chi connectivity index (χ3n) is 4.79. The number of urea groups is 1. The van der Waals surface area contributed by atoms with Crippen molar-refractivity contribution in [2.75, 3.05) is 10.6 Å². The maximum Gasteiger partial charge on any atom is 0.323 e. The van der Waals surface area contributed by atoms with Crippen LogP contribution in [0.4, 0.5) is 16.2 Å². The zero-order valence-electron chi connectivity index (χ0n) is 15.5. The number of carbonyl (C=O) groups excluding carboxylic acids is 1. The minimum atomic E-state index is -0.414. The molecule has 1 saturated carbocycles. The van der Waals surface area contributed by atoms with Crippen LogP contribution in [-0.4, -0.2) is 31.0 Å². The molecule has 3 aromatic heterocycles. The highest BCUT2D eigenvalue weighted by Crippen LogP contribution is 2.46. The number of hydrogen-bond acceptors (Lipinski definition) is 5. The number of benzene rings is 1. The summed E-state index contributed by atoms with van der Waals surface area (Å²) in [6, 6.07) is 6.77. The van der Waals surface area contributed by atoms with Gasteiger partial charge in [0.05, 0.1) is 46.7 Å². The molecule has 0 radical (unpaired) electrons. The van der Waals surface area contributed by atoms with E-state index in [4.69, 9.17) is 23.2 Å². The van der Waals surface area contributed by atoms with E-state index in [1.54, 1.807) is 12.3 Å². The fraction of sp³-hybridized carbons (Fsp3) is 0.150. The van der Waals surface area contributed by atoms with E-state index in [2.05, 4.69) is 30.8 Å². The van der Waals surface area contributed by atoms with E-state index in [0.29, 0.717) is 33.2 Å². The van der Waals surface area contributed by atoms with Gasteiger partial charge in [0.15, 0.2) is 5.82 Å². The number of pyridine rings is 2. The zero-order chi connectivity index (χ0) is 20.7. The van der Waals surface area contributed by atoms with E-state index in [9.17, 15) is 4.79 Å². The van der Waals surface area contributed by atoms with Gasteiger partial charge in [-0.05, 0) is 48.6 Å². The van der Waals surface area contributed by atoms with Crippen molar-refractivity contribution in [1.29, 1.82) is 0 Å². The van der Waals surface area contributed by atoms with Crippen molar-refractivity contribution >= 4 is 51.5 Å². The van der Waals surface area contributed by atoms with Crippen LogP contribution >= 0.6 is 23.2 Å². The number of anilines is 2. The van der Waals surface area contributed by atoms with Gasteiger partial charge >= 0.3 is 6.03 Å². The topological polar surface area (TPSA) is 97.6 Å². The van der Waals surface area contributed by atoms with Gasteiger partial charge in [0, 0.05) is 10.4 Å². The molecule has 10 heteroatoms. The van der Waals surface area contributed by atoms with Gasteiger partial charge in [0.25, 0.3) is 0 Å². The molecule has 150 valence electrons. The zero-order valence-corrected chi connectivity index (χ0v) is 17.0. The van der Waals surface area contributed by atoms with Crippen LogP contribution < -0.4 is 10.6 Å². The molecule has 1 aromatic carbocycles. The molecule has 2 amide bonds. The van der Waals surface area contributed by atoms with Gasteiger partial charge in [-0.25, -0.2) is 9.78 Å². The second-order valence-electron chi connectivity index (χ2n) is 6.95. The molecule has 0 bridgehead atoms. The van der Waals surface area contributed by atoms with Crippen molar-refractivity contribution in [3.8, 4) is 5.82 Å². The Labute approximate surface area is 181 Å². The quantitative estimate of drug-likeness (QED) is 0.464. The molecule has 5 rings (SSSR count). The van der Waals surface area contributed by atoms with Crippen molar-refractivity contribution in [3.05, 3.63) is 64.7 Å². The summed E-state index contributed by atoms with van der Waals surface area (Å²) >= 11 is 12.5. The van der Waals surface area contributed by atoms with Crippen LogP contribution in [-0.2, 0) is 0 Å². The molecule has 1 fully saturated rings. The lowest BCUT2D eigenvalue weighted by Crippen LogP contribution is -2.20. The highest BCUT2D eigenvalue weighted by molar-refractivity contribution is 6.32. The lowest BCUT2D eigenvalue weighted by Gasteiger charge is -2.14. The maximum atomic E-state index is 12.6. The van der Waals surface area contributed by atoms with Gasteiger partial charge in [-0.15, -0.1) is 4.80 Å². The van der Waals surface area contributed by atoms with Crippen molar-refractivity contribution in [2.24, 2.45) is 0 Å². The molecule has 30 heavy (non-hydrogen) atoms.